The van der Waals surface area contributed by atoms with E-state index in [-0.39, 0.29) is 29.2 Å². The average molecular weight is 373 g/mol. The highest BCUT2D eigenvalue weighted by Crippen LogP contribution is 2.31. The maximum atomic E-state index is 14.1. The van der Waals surface area contributed by atoms with Crippen LogP contribution in [0.5, 0.6) is 11.5 Å². The van der Waals surface area contributed by atoms with Crippen molar-refractivity contribution in [1.82, 2.24) is 0 Å². The highest BCUT2D eigenvalue weighted by molar-refractivity contribution is 7.90. The highest BCUT2D eigenvalue weighted by atomic mass is 35.5. The van der Waals surface area contributed by atoms with Crippen molar-refractivity contribution in [2.45, 2.75) is 17.7 Å². The van der Waals surface area contributed by atoms with Crippen LogP contribution in [-0.4, -0.2) is 25.7 Å². The van der Waals surface area contributed by atoms with Gasteiger partial charge in [0.25, 0.3) is 0 Å². The molecule has 0 aliphatic carbocycles. The lowest BCUT2D eigenvalue weighted by molar-refractivity contribution is -0.136. The second-order valence-electron chi connectivity index (χ2n) is 5.11. The van der Waals surface area contributed by atoms with Gasteiger partial charge in [-0.25, -0.2) is 12.8 Å². The summed E-state index contributed by atoms with van der Waals surface area (Å²) in [7, 11) is -3.53. The first kappa shape index (κ1) is 18.2. The molecule has 2 rings (SSSR count). The van der Waals surface area contributed by atoms with E-state index in [4.69, 9.17) is 21.4 Å². The molecule has 0 aliphatic heterocycles. The largest absolute Gasteiger partial charge is 0.481 e. The molecule has 8 heteroatoms. The number of aryl methyl sites for hydroxylation is 1. The van der Waals surface area contributed by atoms with E-state index < -0.39 is 21.6 Å². The molecule has 0 radical (unpaired) electrons. The standard InChI is InChI=1S/C16H14ClFO5S/c1-24(21,22)12-5-6-14(13(18)9-12)23-15-8-11(17)4-2-10(15)3-7-16(19)20/h2,4-6,8-9H,3,7H2,1H3,(H,19,20). The predicted molar refractivity (Wildman–Crippen MR) is 87.0 cm³/mol. The van der Waals surface area contributed by atoms with Crippen LogP contribution in [0.1, 0.15) is 12.0 Å². The van der Waals surface area contributed by atoms with E-state index in [9.17, 15) is 17.6 Å². The molecule has 0 atom stereocenters. The number of hydrogen-bond donors (Lipinski definition) is 1. The number of sulfone groups is 1. The zero-order valence-electron chi connectivity index (χ0n) is 12.6. The summed E-state index contributed by atoms with van der Waals surface area (Å²) in [6, 6.07) is 7.93. The van der Waals surface area contributed by atoms with Crippen molar-refractivity contribution in [3.8, 4) is 11.5 Å². The number of benzene rings is 2. The Kier molecular flexibility index (Phi) is 5.46. The van der Waals surface area contributed by atoms with E-state index in [0.29, 0.717) is 10.6 Å². The van der Waals surface area contributed by atoms with Crippen molar-refractivity contribution in [2.75, 3.05) is 6.26 Å². The van der Waals surface area contributed by atoms with Gasteiger partial charge >= 0.3 is 5.97 Å². The monoisotopic (exact) mass is 372 g/mol. The van der Waals surface area contributed by atoms with Crippen molar-refractivity contribution in [1.29, 1.82) is 0 Å². The number of rotatable bonds is 6. The summed E-state index contributed by atoms with van der Waals surface area (Å²) in [5.74, 6) is -1.78. The summed E-state index contributed by atoms with van der Waals surface area (Å²) < 4.78 is 42.4. The molecule has 0 spiro atoms. The van der Waals surface area contributed by atoms with Gasteiger partial charge in [0, 0.05) is 17.7 Å². The summed E-state index contributed by atoms with van der Waals surface area (Å²) in [5.41, 5.74) is 0.549. The number of ether oxygens (including phenoxy) is 1. The third-order valence-electron chi connectivity index (χ3n) is 3.19. The normalized spacial score (nSPS) is 11.3. The Balaban J connectivity index is 2.33. The Morgan fingerprint density at radius 3 is 2.50 bits per heavy atom. The van der Waals surface area contributed by atoms with Gasteiger partial charge in [0.15, 0.2) is 21.4 Å². The van der Waals surface area contributed by atoms with Crippen LogP contribution in [0.15, 0.2) is 41.3 Å². The van der Waals surface area contributed by atoms with Gasteiger partial charge < -0.3 is 9.84 Å². The van der Waals surface area contributed by atoms with E-state index >= 15 is 0 Å². The summed E-state index contributed by atoms with van der Waals surface area (Å²) >= 11 is 5.90. The van der Waals surface area contributed by atoms with Gasteiger partial charge in [-0.1, -0.05) is 17.7 Å². The van der Waals surface area contributed by atoms with Crippen molar-refractivity contribution >= 4 is 27.4 Å². The Bertz CT molecular complexity index is 880. The molecule has 2 aromatic rings. The van der Waals surface area contributed by atoms with Gasteiger partial charge in [-0.15, -0.1) is 0 Å². The minimum absolute atomic E-state index is 0.118. The molecular weight excluding hydrogens is 359 g/mol. The fourth-order valence-electron chi connectivity index (χ4n) is 1.98. The smallest absolute Gasteiger partial charge is 0.303 e. The van der Waals surface area contributed by atoms with Gasteiger partial charge in [0.05, 0.1) is 4.90 Å². The number of halogens is 2. The fraction of sp³-hybridized carbons (Fsp3) is 0.188. The van der Waals surface area contributed by atoms with E-state index in [2.05, 4.69) is 0 Å². The molecule has 0 saturated carbocycles. The second-order valence-corrected chi connectivity index (χ2v) is 7.56. The summed E-state index contributed by atoms with van der Waals surface area (Å²) in [4.78, 5) is 10.5. The summed E-state index contributed by atoms with van der Waals surface area (Å²) in [6.45, 7) is 0. The number of hydrogen-bond acceptors (Lipinski definition) is 4. The van der Waals surface area contributed by atoms with Gasteiger partial charge in [0.1, 0.15) is 5.75 Å². The average Bonchev–Trinajstić information content (AvgIpc) is 2.47. The molecule has 0 bridgehead atoms. The van der Waals surface area contributed by atoms with Crippen LogP contribution in [0.4, 0.5) is 4.39 Å². The van der Waals surface area contributed by atoms with Crippen LogP contribution >= 0.6 is 11.6 Å². The molecule has 1 N–H and O–H groups in total. The molecule has 128 valence electrons. The third-order valence-corrected chi connectivity index (χ3v) is 4.53. The van der Waals surface area contributed by atoms with Crippen LogP contribution in [0.3, 0.4) is 0 Å². The fourth-order valence-corrected chi connectivity index (χ4v) is 2.78. The Morgan fingerprint density at radius 2 is 1.92 bits per heavy atom. The topological polar surface area (TPSA) is 80.7 Å². The van der Waals surface area contributed by atoms with E-state index in [0.717, 1.165) is 12.3 Å². The quantitative estimate of drug-likeness (QED) is 0.836. The Labute approximate surface area is 143 Å². The predicted octanol–water partition coefficient (Wildman–Crippen LogP) is 3.69. The van der Waals surface area contributed by atoms with Crippen molar-refractivity contribution < 1.29 is 27.4 Å². The van der Waals surface area contributed by atoms with Crippen LogP contribution < -0.4 is 4.74 Å². The van der Waals surface area contributed by atoms with Crippen LogP contribution in [0, 0.1) is 5.82 Å². The lowest BCUT2D eigenvalue weighted by Crippen LogP contribution is -2.01. The minimum atomic E-state index is -3.53. The molecule has 0 fully saturated rings. The Morgan fingerprint density at radius 1 is 1.21 bits per heavy atom. The minimum Gasteiger partial charge on any atom is -0.481 e. The molecule has 0 aliphatic rings. The highest BCUT2D eigenvalue weighted by Gasteiger charge is 2.14. The van der Waals surface area contributed by atoms with Gasteiger partial charge in [-0.2, -0.15) is 0 Å². The molecule has 0 heterocycles. The number of aliphatic carboxylic acids is 1. The first-order chi connectivity index (χ1) is 11.2. The maximum absolute atomic E-state index is 14.1. The lowest BCUT2D eigenvalue weighted by atomic mass is 10.1. The zero-order valence-corrected chi connectivity index (χ0v) is 14.2. The van der Waals surface area contributed by atoms with Crippen molar-refractivity contribution in [2.24, 2.45) is 0 Å². The first-order valence-corrected chi connectivity index (χ1v) is 9.11. The van der Waals surface area contributed by atoms with Gasteiger partial charge in [0.2, 0.25) is 0 Å². The molecule has 0 unspecified atom stereocenters. The molecular formula is C16H14ClFO5S. The zero-order chi connectivity index (χ0) is 17.9. The van der Waals surface area contributed by atoms with E-state index in [1.807, 2.05) is 0 Å². The van der Waals surface area contributed by atoms with Crippen LogP contribution in [0.2, 0.25) is 5.02 Å². The SMILES string of the molecule is CS(=O)(=O)c1ccc(Oc2cc(Cl)ccc2CCC(=O)O)c(F)c1. The lowest BCUT2D eigenvalue weighted by Gasteiger charge is -2.12. The van der Waals surface area contributed by atoms with E-state index in [1.54, 1.807) is 12.1 Å². The molecule has 0 saturated heterocycles. The number of carboxylic acid groups (broad SMARTS) is 1. The molecule has 24 heavy (non-hydrogen) atoms. The van der Waals surface area contributed by atoms with Crippen molar-refractivity contribution in [3.63, 3.8) is 0 Å². The maximum Gasteiger partial charge on any atom is 0.303 e. The third kappa shape index (κ3) is 4.69. The van der Waals surface area contributed by atoms with Crippen LogP contribution in [0.25, 0.3) is 0 Å². The molecule has 5 nitrogen and oxygen atoms in total. The Hall–Kier alpha value is -2.12. The van der Waals surface area contributed by atoms with E-state index in [1.165, 1.54) is 18.2 Å². The molecule has 0 amide bonds. The van der Waals surface area contributed by atoms with Gasteiger partial charge in [-0.3, -0.25) is 4.79 Å². The second kappa shape index (κ2) is 7.19. The molecule has 2 aromatic carbocycles. The van der Waals surface area contributed by atoms with Crippen molar-refractivity contribution in [3.05, 3.63) is 52.8 Å². The molecule has 0 aromatic heterocycles. The summed E-state index contributed by atoms with van der Waals surface area (Å²) in [6.07, 6.45) is 1.04. The van der Waals surface area contributed by atoms with Gasteiger partial charge in [-0.05, 0) is 42.3 Å². The number of carbonyl (C=O) groups is 1. The first-order valence-electron chi connectivity index (χ1n) is 6.84. The number of carboxylic acids is 1. The van der Waals surface area contributed by atoms with Crippen LogP contribution in [-0.2, 0) is 21.1 Å². The summed E-state index contributed by atoms with van der Waals surface area (Å²) in [5, 5.41) is 9.12.